The number of likely N-dealkylation sites (N-methyl/N-ethyl adjacent to an activating group) is 1. The first-order chi connectivity index (χ1) is 8.63. The van der Waals surface area contributed by atoms with E-state index in [2.05, 4.69) is 9.72 Å². The maximum atomic E-state index is 12.1. The van der Waals surface area contributed by atoms with E-state index in [0.29, 0.717) is 18.9 Å². The van der Waals surface area contributed by atoms with Crippen LogP contribution in [0.1, 0.15) is 20.3 Å². The van der Waals surface area contributed by atoms with Crippen molar-refractivity contribution in [3.05, 3.63) is 22.7 Å². The molecule has 0 N–H and O–H groups in total. The molecule has 1 rings (SSSR count). The van der Waals surface area contributed by atoms with Crippen LogP contribution < -0.4 is 10.5 Å². The van der Waals surface area contributed by atoms with Crippen molar-refractivity contribution in [2.24, 2.45) is 0 Å². The van der Waals surface area contributed by atoms with Gasteiger partial charge in [-0.05, 0) is 13.3 Å². The van der Waals surface area contributed by atoms with Gasteiger partial charge in [0.15, 0.2) is 5.82 Å². The fourth-order valence-electron chi connectivity index (χ4n) is 1.63. The summed E-state index contributed by atoms with van der Waals surface area (Å²) >= 11 is 0. The Kier molecular flexibility index (Phi) is 5.35. The maximum Gasteiger partial charge on any atom is 0.325 e. The monoisotopic (exact) mass is 253 g/mol. The minimum Gasteiger partial charge on any atom is -0.468 e. The van der Waals surface area contributed by atoms with Crippen LogP contribution in [0.3, 0.4) is 0 Å². The molecule has 0 atom stereocenters. The molecule has 0 bridgehead atoms. The van der Waals surface area contributed by atoms with Crippen LogP contribution in [0.4, 0.5) is 5.82 Å². The van der Waals surface area contributed by atoms with Crippen molar-refractivity contribution in [1.82, 2.24) is 9.55 Å². The first-order valence-corrected chi connectivity index (χ1v) is 6.01. The number of hydrogen-bond donors (Lipinski definition) is 0. The van der Waals surface area contributed by atoms with Gasteiger partial charge >= 0.3 is 5.97 Å². The van der Waals surface area contributed by atoms with E-state index >= 15 is 0 Å². The summed E-state index contributed by atoms with van der Waals surface area (Å²) in [5, 5.41) is 0. The highest BCUT2D eigenvalue weighted by atomic mass is 16.5. The van der Waals surface area contributed by atoms with E-state index in [9.17, 15) is 9.59 Å². The lowest BCUT2D eigenvalue weighted by Gasteiger charge is -2.20. The molecule has 0 aliphatic heterocycles. The highest BCUT2D eigenvalue weighted by molar-refractivity contribution is 5.75. The molecule has 100 valence electrons. The largest absolute Gasteiger partial charge is 0.468 e. The molecular weight excluding hydrogens is 234 g/mol. The van der Waals surface area contributed by atoms with E-state index in [1.807, 2.05) is 13.8 Å². The predicted molar refractivity (Wildman–Crippen MR) is 68.7 cm³/mol. The Morgan fingerprint density at radius 2 is 2.22 bits per heavy atom. The Morgan fingerprint density at radius 3 is 2.78 bits per heavy atom. The third-order valence-corrected chi connectivity index (χ3v) is 2.59. The van der Waals surface area contributed by atoms with E-state index in [4.69, 9.17) is 0 Å². The summed E-state index contributed by atoms with van der Waals surface area (Å²) in [6.07, 6.45) is 4.10. The minimum atomic E-state index is -0.385. The minimum absolute atomic E-state index is 0.0331. The average Bonchev–Trinajstić information content (AvgIpc) is 2.38. The molecule has 0 spiro atoms. The number of aromatic nitrogens is 2. The Morgan fingerprint density at radius 1 is 1.50 bits per heavy atom. The standard InChI is InChI=1S/C12H19N3O3/c1-4-7-15-8-6-13-11(12(15)17)14(5-2)9-10(16)18-3/h6,8H,4-5,7,9H2,1-3H3. The third kappa shape index (κ3) is 3.32. The molecule has 0 aromatic carbocycles. The smallest absolute Gasteiger partial charge is 0.325 e. The molecule has 0 aliphatic carbocycles. The SMILES string of the molecule is CCCn1ccnc(N(CC)CC(=O)OC)c1=O. The van der Waals surface area contributed by atoms with Crippen LogP contribution in [0.2, 0.25) is 0 Å². The lowest BCUT2D eigenvalue weighted by Crippen LogP contribution is -2.37. The van der Waals surface area contributed by atoms with Gasteiger partial charge in [0.2, 0.25) is 0 Å². The molecule has 6 heteroatoms. The quantitative estimate of drug-likeness (QED) is 0.697. The molecule has 0 radical (unpaired) electrons. The summed E-state index contributed by atoms with van der Waals surface area (Å²) in [5.41, 5.74) is -0.176. The Balaban J connectivity index is 3.02. The van der Waals surface area contributed by atoms with Crippen molar-refractivity contribution in [3.63, 3.8) is 0 Å². The Bertz CT molecular complexity index is 456. The van der Waals surface area contributed by atoms with Gasteiger partial charge in [0.1, 0.15) is 6.54 Å². The summed E-state index contributed by atoms with van der Waals surface area (Å²) in [6.45, 7) is 5.06. The van der Waals surface area contributed by atoms with Gasteiger partial charge in [0, 0.05) is 25.5 Å². The number of nitrogens with zero attached hydrogens (tertiary/aromatic N) is 3. The van der Waals surface area contributed by atoms with Gasteiger partial charge in [-0.15, -0.1) is 0 Å². The molecule has 1 aromatic rings. The van der Waals surface area contributed by atoms with Crippen molar-refractivity contribution in [2.75, 3.05) is 25.1 Å². The van der Waals surface area contributed by atoms with Crippen molar-refractivity contribution >= 4 is 11.8 Å². The van der Waals surface area contributed by atoms with E-state index in [0.717, 1.165) is 6.42 Å². The number of ether oxygens (including phenoxy) is 1. The molecule has 6 nitrogen and oxygen atoms in total. The van der Waals surface area contributed by atoms with E-state index in [-0.39, 0.29) is 18.1 Å². The van der Waals surface area contributed by atoms with Crippen LogP contribution in [0.5, 0.6) is 0 Å². The van der Waals surface area contributed by atoms with Crippen molar-refractivity contribution in [3.8, 4) is 0 Å². The first-order valence-electron chi connectivity index (χ1n) is 6.01. The van der Waals surface area contributed by atoms with Gasteiger partial charge in [0.05, 0.1) is 7.11 Å². The normalized spacial score (nSPS) is 10.2. The highest BCUT2D eigenvalue weighted by Gasteiger charge is 2.15. The number of hydrogen-bond acceptors (Lipinski definition) is 5. The molecular formula is C12H19N3O3. The van der Waals surface area contributed by atoms with Crippen molar-refractivity contribution in [1.29, 1.82) is 0 Å². The van der Waals surface area contributed by atoms with Crippen LogP contribution in [0.25, 0.3) is 0 Å². The van der Waals surface area contributed by atoms with Gasteiger partial charge in [-0.2, -0.15) is 0 Å². The predicted octanol–water partition coefficient (Wildman–Crippen LogP) is 0.653. The van der Waals surface area contributed by atoms with Crippen LogP contribution in [-0.2, 0) is 16.1 Å². The molecule has 18 heavy (non-hydrogen) atoms. The fraction of sp³-hybridized carbons (Fsp3) is 0.583. The fourth-order valence-corrected chi connectivity index (χ4v) is 1.63. The van der Waals surface area contributed by atoms with Crippen LogP contribution in [-0.4, -0.2) is 35.7 Å². The molecule has 0 saturated heterocycles. The summed E-state index contributed by atoms with van der Waals surface area (Å²) < 4.78 is 6.20. The first kappa shape index (κ1) is 14.2. The number of methoxy groups -OCH3 is 1. The van der Waals surface area contributed by atoms with Crippen molar-refractivity contribution < 1.29 is 9.53 Å². The summed E-state index contributed by atoms with van der Waals surface area (Å²) in [7, 11) is 1.32. The lowest BCUT2D eigenvalue weighted by molar-refractivity contribution is -0.138. The van der Waals surface area contributed by atoms with Crippen LogP contribution >= 0.6 is 0 Å². The second kappa shape index (κ2) is 6.78. The zero-order valence-corrected chi connectivity index (χ0v) is 11.0. The molecule has 0 unspecified atom stereocenters. The molecule has 0 aliphatic rings. The summed E-state index contributed by atoms with van der Waals surface area (Å²) in [4.78, 5) is 29.1. The van der Waals surface area contributed by atoms with Gasteiger partial charge in [-0.25, -0.2) is 4.98 Å². The Hall–Kier alpha value is -1.85. The number of carbonyl (C=O) groups is 1. The molecule has 0 saturated carbocycles. The van der Waals surface area contributed by atoms with Crippen molar-refractivity contribution in [2.45, 2.75) is 26.8 Å². The topological polar surface area (TPSA) is 64.4 Å². The molecule has 0 amide bonds. The lowest BCUT2D eigenvalue weighted by atomic mass is 10.4. The van der Waals surface area contributed by atoms with Gasteiger partial charge in [0.25, 0.3) is 5.56 Å². The van der Waals surface area contributed by atoms with Gasteiger partial charge in [-0.3, -0.25) is 9.59 Å². The molecule has 0 fully saturated rings. The number of anilines is 1. The second-order valence-corrected chi connectivity index (χ2v) is 3.84. The molecule has 1 aromatic heterocycles. The van der Waals surface area contributed by atoms with Crippen LogP contribution in [0, 0.1) is 0 Å². The summed E-state index contributed by atoms with van der Waals surface area (Å²) in [6, 6.07) is 0. The zero-order valence-electron chi connectivity index (χ0n) is 11.0. The summed E-state index contributed by atoms with van der Waals surface area (Å²) in [5.74, 6) is -0.0946. The number of aryl methyl sites for hydroxylation is 1. The Labute approximate surface area is 106 Å². The highest BCUT2D eigenvalue weighted by Crippen LogP contribution is 2.03. The van der Waals surface area contributed by atoms with E-state index < -0.39 is 0 Å². The number of rotatable bonds is 6. The zero-order chi connectivity index (χ0) is 13.5. The van der Waals surface area contributed by atoms with E-state index in [1.54, 1.807) is 21.9 Å². The third-order valence-electron chi connectivity index (χ3n) is 2.59. The number of esters is 1. The maximum absolute atomic E-state index is 12.1. The second-order valence-electron chi connectivity index (χ2n) is 3.84. The number of carbonyl (C=O) groups excluding carboxylic acids is 1. The van der Waals surface area contributed by atoms with Gasteiger partial charge < -0.3 is 14.2 Å². The average molecular weight is 253 g/mol. The van der Waals surface area contributed by atoms with Crippen LogP contribution in [0.15, 0.2) is 17.2 Å². The van der Waals surface area contributed by atoms with Gasteiger partial charge in [-0.1, -0.05) is 6.92 Å². The molecule has 1 heterocycles. The van der Waals surface area contributed by atoms with E-state index in [1.165, 1.54) is 7.11 Å².